The van der Waals surface area contributed by atoms with E-state index in [0.717, 1.165) is 12.8 Å². The maximum Gasteiger partial charge on any atom is 0.305 e. The number of nitrogens with one attached hydrogen (secondary N) is 1. The molecule has 2 rings (SSSR count). The number of carbonyl (C=O) groups is 2. The Kier molecular flexibility index (Phi) is 4.61. The van der Waals surface area contributed by atoms with Gasteiger partial charge in [-0.2, -0.15) is 0 Å². The first-order valence-corrected chi connectivity index (χ1v) is 6.80. The Bertz CT molecular complexity index is 470. The van der Waals surface area contributed by atoms with Gasteiger partial charge in [-0.1, -0.05) is 18.2 Å². The fourth-order valence-electron chi connectivity index (χ4n) is 2.08. The van der Waals surface area contributed by atoms with Gasteiger partial charge < -0.3 is 15.2 Å². The SMILES string of the molecule is CC(Oc1ccccc1)C(=O)NC(CC(=O)O)C1CC1. The summed E-state index contributed by atoms with van der Waals surface area (Å²) in [6.45, 7) is 1.66. The van der Waals surface area contributed by atoms with E-state index >= 15 is 0 Å². The van der Waals surface area contributed by atoms with E-state index in [2.05, 4.69) is 5.32 Å². The summed E-state index contributed by atoms with van der Waals surface area (Å²) in [5.41, 5.74) is 0. The van der Waals surface area contributed by atoms with Crippen LogP contribution in [0.25, 0.3) is 0 Å². The molecule has 1 aliphatic rings. The van der Waals surface area contributed by atoms with Gasteiger partial charge in [-0.3, -0.25) is 9.59 Å². The molecule has 1 fully saturated rings. The van der Waals surface area contributed by atoms with Crippen LogP contribution in [0.2, 0.25) is 0 Å². The van der Waals surface area contributed by atoms with Gasteiger partial charge in [0.15, 0.2) is 6.10 Å². The van der Waals surface area contributed by atoms with Crippen molar-refractivity contribution in [1.29, 1.82) is 0 Å². The molecule has 1 amide bonds. The van der Waals surface area contributed by atoms with Crippen LogP contribution in [-0.4, -0.2) is 29.1 Å². The number of aliphatic carboxylic acids is 1. The molecule has 0 bridgehead atoms. The van der Waals surface area contributed by atoms with E-state index in [1.165, 1.54) is 0 Å². The molecular weight excluding hydrogens is 258 g/mol. The monoisotopic (exact) mass is 277 g/mol. The lowest BCUT2D eigenvalue weighted by Gasteiger charge is -2.20. The lowest BCUT2D eigenvalue weighted by Crippen LogP contribution is -2.44. The molecule has 0 saturated heterocycles. The Hall–Kier alpha value is -2.04. The minimum Gasteiger partial charge on any atom is -0.481 e. The van der Waals surface area contributed by atoms with Gasteiger partial charge in [0.1, 0.15) is 5.75 Å². The van der Waals surface area contributed by atoms with Crippen molar-refractivity contribution in [3.05, 3.63) is 30.3 Å². The van der Waals surface area contributed by atoms with Gasteiger partial charge in [0.25, 0.3) is 5.91 Å². The zero-order valence-corrected chi connectivity index (χ0v) is 11.4. The first-order valence-electron chi connectivity index (χ1n) is 6.80. The fourth-order valence-corrected chi connectivity index (χ4v) is 2.08. The van der Waals surface area contributed by atoms with E-state index in [9.17, 15) is 9.59 Å². The number of ether oxygens (including phenoxy) is 1. The highest BCUT2D eigenvalue weighted by Crippen LogP contribution is 2.34. The maximum atomic E-state index is 12.0. The third-order valence-corrected chi connectivity index (χ3v) is 3.34. The van der Waals surface area contributed by atoms with Crippen LogP contribution in [0, 0.1) is 5.92 Å². The first kappa shape index (κ1) is 14.4. The van der Waals surface area contributed by atoms with Crippen molar-refractivity contribution in [3.63, 3.8) is 0 Å². The largest absolute Gasteiger partial charge is 0.481 e. The van der Waals surface area contributed by atoms with Gasteiger partial charge in [-0.15, -0.1) is 0 Å². The average molecular weight is 277 g/mol. The van der Waals surface area contributed by atoms with Crippen LogP contribution >= 0.6 is 0 Å². The molecule has 108 valence electrons. The average Bonchev–Trinajstić information content (AvgIpc) is 3.22. The number of carboxylic acid groups (broad SMARTS) is 1. The fraction of sp³-hybridized carbons (Fsp3) is 0.467. The molecule has 0 radical (unpaired) electrons. The van der Waals surface area contributed by atoms with Gasteiger partial charge in [0.05, 0.1) is 6.42 Å². The van der Waals surface area contributed by atoms with E-state index < -0.39 is 12.1 Å². The van der Waals surface area contributed by atoms with Crippen molar-refractivity contribution < 1.29 is 19.4 Å². The van der Waals surface area contributed by atoms with Gasteiger partial charge in [-0.25, -0.2) is 0 Å². The molecule has 1 aromatic carbocycles. The van der Waals surface area contributed by atoms with Crippen LogP contribution in [0.1, 0.15) is 26.2 Å². The summed E-state index contributed by atoms with van der Waals surface area (Å²) in [7, 11) is 0. The predicted molar refractivity (Wildman–Crippen MR) is 73.4 cm³/mol. The summed E-state index contributed by atoms with van der Waals surface area (Å²) in [5, 5.41) is 11.7. The number of amides is 1. The van der Waals surface area contributed by atoms with Gasteiger partial charge in [0, 0.05) is 6.04 Å². The van der Waals surface area contributed by atoms with Crippen molar-refractivity contribution in [3.8, 4) is 5.75 Å². The van der Waals surface area contributed by atoms with Crippen LogP contribution in [0.5, 0.6) is 5.75 Å². The molecule has 1 aromatic rings. The second-order valence-electron chi connectivity index (χ2n) is 5.12. The van der Waals surface area contributed by atoms with E-state index in [-0.39, 0.29) is 18.4 Å². The molecule has 1 saturated carbocycles. The summed E-state index contributed by atoms with van der Waals surface area (Å²) >= 11 is 0. The third kappa shape index (κ3) is 4.26. The zero-order chi connectivity index (χ0) is 14.5. The molecule has 1 aliphatic carbocycles. The normalized spacial score (nSPS) is 17.1. The molecule has 2 unspecified atom stereocenters. The minimum atomic E-state index is -0.890. The summed E-state index contributed by atoms with van der Waals surface area (Å²) in [6.07, 6.45) is 1.28. The highest BCUT2D eigenvalue weighted by atomic mass is 16.5. The minimum absolute atomic E-state index is 0.0333. The second-order valence-corrected chi connectivity index (χ2v) is 5.12. The van der Waals surface area contributed by atoms with Crippen LogP contribution in [-0.2, 0) is 9.59 Å². The van der Waals surface area contributed by atoms with E-state index in [1.54, 1.807) is 19.1 Å². The van der Waals surface area contributed by atoms with Crippen molar-refractivity contribution in [1.82, 2.24) is 5.32 Å². The molecule has 0 heterocycles. The Balaban J connectivity index is 1.87. The smallest absolute Gasteiger partial charge is 0.305 e. The Morgan fingerprint density at radius 1 is 1.35 bits per heavy atom. The summed E-state index contributed by atoms with van der Waals surface area (Å²) in [5.74, 6) is -0.249. The van der Waals surface area contributed by atoms with Crippen molar-refractivity contribution >= 4 is 11.9 Å². The molecule has 20 heavy (non-hydrogen) atoms. The van der Waals surface area contributed by atoms with Gasteiger partial charge in [-0.05, 0) is 37.8 Å². The number of carbonyl (C=O) groups excluding carboxylic acids is 1. The Morgan fingerprint density at radius 3 is 2.55 bits per heavy atom. The van der Waals surface area contributed by atoms with Crippen LogP contribution in [0.15, 0.2) is 30.3 Å². The van der Waals surface area contributed by atoms with Crippen LogP contribution in [0.4, 0.5) is 0 Å². The lowest BCUT2D eigenvalue weighted by molar-refractivity contribution is -0.138. The van der Waals surface area contributed by atoms with E-state index in [0.29, 0.717) is 11.7 Å². The number of hydrogen-bond acceptors (Lipinski definition) is 3. The number of hydrogen-bond donors (Lipinski definition) is 2. The molecule has 2 atom stereocenters. The van der Waals surface area contributed by atoms with Crippen molar-refractivity contribution in [2.24, 2.45) is 5.92 Å². The maximum absolute atomic E-state index is 12.0. The molecule has 5 heteroatoms. The highest BCUT2D eigenvalue weighted by molar-refractivity contribution is 5.81. The first-order chi connectivity index (χ1) is 9.56. The van der Waals surface area contributed by atoms with E-state index in [4.69, 9.17) is 9.84 Å². The van der Waals surface area contributed by atoms with Gasteiger partial charge in [0.2, 0.25) is 0 Å². The Labute approximate surface area is 117 Å². The standard InChI is InChI=1S/C15H19NO4/c1-10(20-12-5-3-2-4-6-12)15(19)16-13(9-14(17)18)11-7-8-11/h2-6,10-11,13H,7-9H2,1H3,(H,16,19)(H,17,18). The number of carboxylic acids is 1. The second kappa shape index (κ2) is 6.41. The lowest BCUT2D eigenvalue weighted by atomic mass is 10.1. The molecule has 5 nitrogen and oxygen atoms in total. The topological polar surface area (TPSA) is 75.6 Å². The quantitative estimate of drug-likeness (QED) is 0.797. The van der Waals surface area contributed by atoms with E-state index in [1.807, 2.05) is 18.2 Å². The van der Waals surface area contributed by atoms with Crippen molar-refractivity contribution in [2.45, 2.75) is 38.3 Å². The zero-order valence-electron chi connectivity index (χ0n) is 11.4. The third-order valence-electron chi connectivity index (χ3n) is 3.34. The van der Waals surface area contributed by atoms with Gasteiger partial charge >= 0.3 is 5.97 Å². The van der Waals surface area contributed by atoms with Crippen LogP contribution in [0.3, 0.4) is 0 Å². The number of rotatable bonds is 7. The molecule has 2 N–H and O–H groups in total. The summed E-state index contributed by atoms with van der Waals surface area (Å²) in [6, 6.07) is 8.79. The number of para-hydroxylation sites is 1. The molecule has 0 aliphatic heterocycles. The molecule has 0 spiro atoms. The highest BCUT2D eigenvalue weighted by Gasteiger charge is 2.34. The van der Waals surface area contributed by atoms with Crippen LogP contribution < -0.4 is 10.1 Å². The summed E-state index contributed by atoms with van der Waals surface area (Å²) in [4.78, 5) is 22.8. The van der Waals surface area contributed by atoms with Crippen molar-refractivity contribution in [2.75, 3.05) is 0 Å². The predicted octanol–water partition coefficient (Wildman–Crippen LogP) is 1.82. The molecule has 0 aromatic heterocycles. The summed E-state index contributed by atoms with van der Waals surface area (Å²) < 4.78 is 5.52. The molecular formula is C15H19NO4. The number of benzene rings is 1. The Morgan fingerprint density at radius 2 is 2.00 bits per heavy atom.